The molecule has 1 heterocycles. The molecule has 0 radical (unpaired) electrons. The van der Waals surface area contributed by atoms with Crippen LogP contribution in [0.5, 0.6) is 0 Å². The molecule has 1 saturated heterocycles. The third-order valence-corrected chi connectivity index (χ3v) is 3.06. The summed E-state index contributed by atoms with van der Waals surface area (Å²) in [5, 5.41) is 0. The van der Waals surface area contributed by atoms with Crippen LogP contribution >= 0.6 is 12.8 Å². The molecule has 3 heteroatoms. The van der Waals surface area contributed by atoms with Crippen molar-refractivity contribution in [2.45, 2.75) is 24.9 Å². The van der Waals surface area contributed by atoms with E-state index in [-0.39, 0.29) is 0 Å². The second kappa shape index (κ2) is 1.87. The van der Waals surface area contributed by atoms with Gasteiger partial charge >= 0.3 is 0 Å². The van der Waals surface area contributed by atoms with Crippen LogP contribution in [0.3, 0.4) is 0 Å². The number of nitrogens with two attached hydrogens (primary N) is 1. The van der Waals surface area contributed by atoms with Gasteiger partial charge in [-0.3, -0.25) is 0 Å². The van der Waals surface area contributed by atoms with E-state index in [2.05, 4.69) is 17.1 Å². The number of hydrogen-bond donors (Lipinski definition) is 2. The van der Waals surface area contributed by atoms with Crippen molar-refractivity contribution in [2.75, 3.05) is 6.54 Å². The van der Waals surface area contributed by atoms with Crippen molar-refractivity contribution in [3.63, 3.8) is 0 Å². The molecule has 9 heavy (non-hydrogen) atoms. The monoisotopic (exact) mass is 144 g/mol. The SMILES string of the molecule is NC1CC2CC1CN2S. The van der Waals surface area contributed by atoms with Gasteiger partial charge in [-0.2, -0.15) is 0 Å². The van der Waals surface area contributed by atoms with Crippen LogP contribution in [0.4, 0.5) is 0 Å². The molecule has 2 aliphatic rings. The summed E-state index contributed by atoms with van der Waals surface area (Å²) in [5.74, 6) is 0.743. The van der Waals surface area contributed by atoms with Crippen LogP contribution in [0.25, 0.3) is 0 Å². The zero-order valence-corrected chi connectivity index (χ0v) is 6.22. The van der Waals surface area contributed by atoms with Crippen molar-refractivity contribution in [2.24, 2.45) is 11.7 Å². The summed E-state index contributed by atoms with van der Waals surface area (Å²) in [7, 11) is 0. The third kappa shape index (κ3) is 0.791. The number of fused-ring (bicyclic) bond motifs is 2. The zero-order chi connectivity index (χ0) is 6.43. The molecule has 0 aromatic heterocycles. The summed E-state index contributed by atoms with van der Waals surface area (Å²) in [6.45, 7) is 1.11. The Morgan fingerprint density at radius 1 is 1.44 bits per heavy atom. The average Bonchev–Trinajstić information content (AvgIpc) is 2.24. The molecule has 0 aromatic carbocycles. The lowest BCUT2D eigenvalue weighted by Gasteiger charge is -2.24. The number of piperidine rings is 1. The van der Waals surface area contributed by atoms with E-state index in [1.165, 1.54) is 6.42 Å². The van der Waals surface area contributed by atoms with Gasteiger partial charge in [0.2, 0.25) is 0 Å². The molecule has 2 N–H and O–H groups in total. The molecule has 0 aromatic rings. The minimum atomic E-state index is 0.471. The lowest BCUT2D eigenvalue weighted by atomic mass is 10.1. The number of thiol groups is 1. The van der Waals surface area contributed by atoms with E-state index in [1.807, 2.05) is 0 Å². The summed E-state index contributed by atoms with van der Waals surface area (Å²) in [4.78, 5) is 0. The minimum absolute atomic E-state index is 0.471. The maximum absolute atomic E-state index is 5.82. The molecule has 1 saturated carbocycles. The number of rotatable bonds is 0. The minimum Gasteiger partial charge on any atom is -0.327 e. The average molecular weight is 144 g/mol. The Morgan fingerprint density at radius 3 is 2.56 bits per heavy atom. The Morgan fingerprint density at radius 2 is 2.22 bits per heavy atom. The van der Waals surface area contributed by atoms with Crippen LogP contribution < -0.4 is 5.73 Å². The van der Waals surface area contributed by atoms with Gasteiger partial charge < -0.3 is 5.73 Å². The van der Waals surface area contributed by atoms with Crippen molar-refractivity contribution >= 4 is 12.8 Å². The number of nitrogens with zero attached hydrogens (tertiary/aromatic N) is 1. The summed E-state index contributed by atoms with van der Waals surface area (Å²) in [5.41, 5.74) is 5.82. The van der Waals surface area contributed by atoms with Crippen molar-refractivity contribution < 1.29 is 0 Å². The van der Waals surface area contributed by atoms with Gasteiger partial charge in [-0.25, -0.2) is 4.31 Å². The smallest absolute Gasteiger partial charge is 0.0218 e. The van der Waals surface area contributed by atoms with E-state index in [0.29, 0.717) is 12.1 Å². The molecule has 2 bridgehead atoms. The molecule has 3 atom stereocenters. The zero-order valence-electron chi connectivity index (χ0n) is 5.33. The van der Waals surface area contributed by atoms with Crippen molar-refractivity contribution in [1.29, 1.82) is 0 Å². The van der Waals surface area contributed by atoms with Gasteiger partial charge in [-0.1, -0.05) is 12.8 Å². The van der Waals surface area contributed by atoms with Crippen LogP contribution in [-0.4, -0.2) is 22.9 Å². The molecule has 0 amide bonds. The summed E-state index contributed by atoms with van der Waals surface area (Å²) in [6.07, 6.45) is 2.44. The van der Waals surface area contributed by atoms with Gasteiger partial charge in [0.1, 0.15) is 0 Å². The fourth-order valence-corrected chi connectivity index (χ4v) is 2.37. The Balaban J connectivity index is 2.10. The van der Waals surface area contributed by atoms with Gasteiger partial charge in [-0.05, 0) is 18.8 Å². The van der Waals surface area contributed by atoms with Crippen molar-refractivity contribution in [3.8, 4) is 0 Å². The fraction of sp³-hybridized carbons (Fsp3) is 1.00. The summed E-state index contributed by atoms with van der Waals surface area (Å²) < 4.78 is 2.13. The summed E-state index contributed by atoms with van der Waals surface area (Å²) >= 11 is 4.32. The van der Waals surface area contributed by atoms with E-state index < -0.39 is 0 Å². The van der Waals surface area contributed by atoms with Crippen LogP contribution in [0.2, 0.25) is 0 Å². The van der Waals surface area contributed by atoms with Crippen LogP contribution in [0.15, 0.2) is 0 Å². The first-order chi connectivity index (χ1) is 4.27. The Bertz CT molecular complexity index is 110. The van der Waals surface area contributed by atoms with E-state index in [1.54, 1.807) is 0 Å². The van der Waals surface area contributed by atoms with Gasteiger partial charge in [0.05, 0.1) is 0 Å². The second-order valence-corrected chi connectivity index (χ2v) is 3.68. The normalized spacial score (nSPS) is 50.7. The lowest BCUT2D eigenvalue weighted by molar-refractivity contribution is 0.337. The molecule has 0 spiro atoms. The molecule has 1 aliphatic carbocycles. The van der Waals surface area contributed by atoms with Crippen molar-refractivity contribution in [1.82, 2.24) is 4.31 Å². The van der Waals surface area contributed by atoms with E-state index in [0.717, 1.165) is 18.9 Å². The molecule has 3 unspecified atom stereocenters. The van der Waals surface area contributed by atoms with Crippen LogP contribution in [0, 0.1) is 5.92 Å². The van der Waals surface area contributed by atoms with Gasteiger partial charge in [0, 0.05) is 18.6 Å². The van der Waals surface area contributed by atoms with Gasteiger partial charge in [0.15, 0.2) is 0 Å². The lowest BCUT2D eigenvalue weighted by Crippen LogP contribution is -2.36. The second-order valence-electron chi connectivity index (χ2n) is 3.17. The van der Waals surface area contributed by atoms with E-state index in [9.17, 15) is 0 Å². The highest BCUT2D eigenvalue weighted by Crippen LogP contribution is 2.37. The highest BCUT2D eigenvalue weighted by molar-refractivity contribution is 7.77. The maximum atomic E-state index is 5.82. The quantitative estimate of drug-likeness (QED) is 0.477. The topological polar surface area (TPSA) is 29.3 Å². The van der Waals surface area contributed by atoms with Crippen LogP contribution in [-0.2, 0) is 0 Å². The molecular formula is C6H12N2S. The molecule has 2 fully saturated rings. The molecule has 2 rings (SSSR count). The first kappa shape index (κ1) is 6.01. The predicted octanol–water partition coefficient (Wildman–Crippen LogP) is 0.253. The third-order valence-electron chi connectivity index (χ3n) is 2.57. The van der Waals surface area contributed by atoms with Gasteiger partial charge in [0.25, 0.3) is 0 Å². The molecule has 52 valence electrons. The maximum Gasteiger partial charge on any atom is 0.0218 e. The fourth-order valence-electron chi connectivity index (χ4n) is 1.97. The molecular weight excluding hydrogens is 132 g/mol. The van der Waals surface area contributed by atoms with E-state index in [4.69, 9.17) is 5.73 Å². The molecule has 1 aliphatic heterocycles. The standard InChI is InChI=1S/C6H12N2S/c7-6-2-5-1-4(6)3-8(5)9/h4-6,9H,1-3,7H2. The Kier molecular flexibility index (Phi) is 1.25. The molecule has 2 nitrogen and oxygen atoms in total. The van der Waals surface area contributed by atoms with Crippen molar-refractivity contribution in [3.05, 3.63) is 0 Å². The first-order valence-corrected chi connectivity index (χ1v) is 3.88. The van der Waals surface area contributed by atoms with Gasteiger partial charge in [-0.15, -0.1) is 0 Å². The predicted molar refractivity (Wildman–Crippen MR) is 40.2 cm³/mol. The van der Waals surface area contributed by atoms with E-state index >= 15 is 0 Å². The Labute approximate surface area is 60.9 Å². The van der Waals surface area contributed by atoms with Crippen LogP contribution in [0.1, 0.15) is 12.8 Å². The highest BCUT2D eigenvalue weighted by atomic mass is 32.1. The summed E-state index contributed by atoms with van der Waals surface area (Å²) in [6, 6.07) is 1.16. The Hall–Kier alpha value is 0.270. The number of hydrogen-bond acceptors (Lipinski definition) is 3. The largest absolute Gasteiger partial charge is 0.327 e. The first-order valence-electron chi connectivity index (χ1n) is 3.48. The highest BCUT2D eigenvalue weighted by Gasteiger charge is 2.41.